The van der Waals surface area contributed by atoms with E-state index in [2.05, 4.69) is 10.2 Å². The van der Waals surface area contributed by atoms with Gasteiger partial charge in [0.2, 0.25) is 11.6 Å². The van der Waals surface area contributed by atoms with Crippen LogP contribution >= 0.6 is 0 Å². The summed E-state index contributed by atoms with van der Waals surface area (Å²) in [7, 11) is 0. The van der Waals surface area contributed by atoms with Crippen LogP contribution < -0.4 is 4.73 Å². The molecule has 0 unspecified atom stereocenters. The van der Waals surface area contributed by atoms with E-state index in [9.17, 15) is 29.9 Å². The Labute approximate surface area is 131 Å². The maximum Gasteiger partial charge on any atom is 0.383 e. The Morgan fingerprint density at radius 1 is 1.25 bits per heavy atom. The van der Waals surface area contributed by atoms with Crippen LogP contribution in [0.4, 0.5) is 10.1 Å². The number of hydrogen-bond acceptors (Lipinski definition) is 8. The highest BCUT2D eigenvalue weighted by Crippen LogP contribution is 2.39. The van der Waals surface area contributed by atoms with E-state index in [0.29, 0.717) is 0 Å². The molecule has 3 rings (SSSR count). The fourth-order valence-electron chi connectivity index (χ4n) is 1.95. The summed E-state index contributed by atoms with van der Waals surface area (Å²) in [6.07, 6.45) is 0.942. The summed E-state index contributed by atoms with van der Waals surface area (Å²) < 4.78 is 18.9. The van der Waals surface area contributed by atoms with Gasteiger partial charge in [-0.2, -0.15) is 0 Å². The number of nitrogens with zero attached hydrogens (tertiary/aromatic N) is 4. The second kappa shape index (κ2) is 5.46. The SMILES string of the molecule is O=[N+]([O-])c1cc(-c2nnc(-c3ccc[n+]([O-])c3F)o2)cc(O)c1O. The van der Waals surface area contributed by atoms with Gasteiger partial charge in [0.05, 0.1) is 4.92 Å². The molecule has 3 aromatic rings. The van der Waals surface area contributed by atoms with Crippen molar-refractivity contribution in [3.63, 3.8) is 0 Å². The van der Waals surface area contributed by atoms with Gasteiger partial charge in [-0.25, -0.2) is 0 Å². The molecule has 2 aromatic heterocycles. The van der Waals surface area contributed by atoms with Gasteiger partial charge in [0.25, 0.3) is 5.89 Å². The van der Waals surface area contributed by atoms with E-state index < -0.39 is 28.1 Å². The quantitative estimate of drug-likeness (QED) is 0.183. The number of phenolic OH excluding ortho intramolecular Hbond substituents is 2. The van der Waals surface area contributed by atoms with E-state index in [4.69, 9.17) is 4.42 Å². The maximum absolute atomic E-state index is 13.7. The summed E-state index contributed by atoms with van der Waals surface area (Å²) in [5.74, 6) is -3.44. The number of nitro benzene ring substituents is 1. The highest BCUT2D eigenvalue weighted by Gasteiger charge is 2.24. The van der Waals surface area contributed by atoms with Gasteiger partial charge in [-0.15, -0.1) is 19.3 Å². The molecule has 1 aromatic carbocycles. The number of aromatic hydroxyl groups is 2. The molecule has 122 valence electrons. The van der Waals surface area contributed by atoms with Crippen LogP contribution in [0.5, 0.6) is 11.5 Å². The van der Waals surface area contributed by atoms with Crippen molar-refractivity contribution in [2.75, 3.05) is 0 Å². The van der Waals surface area contributed by atoms with Gasteiger partial charge in [-0.1, -0.05) is 0 Å². The maximum atomic E-state index is 13.7. The molecule has 0 saturated heterocycles. The van der Waals surface area contributed by atoms with Crippen LogP contribution in [0.3, 0.4) is 0 Å². The third-order valence-corrected chi connectivity index (χ3v) is 3.07. The van der Waals surface area contributed by atoms with Crippen molar-refractivity contribution in [2.45, 2.75) is 0 Å². The first-order valence-electron chi connectivity index (χ1n) is 6.30. The zero-order chi connectivity index (χ0) is 17.4. The lowest BCUT2D eigenvalue weighted by atomic mass is 10.1. The monoisotopic (exact) mass is 334 g/mol. The molecule has 0 atom stereocenters. The number of phenols is 2. The average molecular weight is 334 g/mol. The van der Waals surface area contributed by atoms with Gasteiger partial charge in [0, 0.05) is 17.7 Å². The molecule has 0 saturated carbocycles. The highest BCUT2D eigenvalue weighted by atomic mass is 19.1. The van der Waals surface area contributed by atoms with Gasteiger partial charge < -0.3 is 19.8 Å². The number of pyridine rings is 1. The lowest BCUT2D eigenvalue weighted by Gasteiger charge is -2.01. The third kappa shape index (κ3) is 2.43. The van der Waals surface area contributed by atoms with Crippen LogP contribution in [0.15, 0.2) is 34.9 Å². The summed E-state index contributed by atoms with van der Waals surface area (Å²) >= 11 is 0. The predicted molar refractivity (Wildman–Crippen MR) is 74.1 cm³/mol. The molecule has 0 spiro atoms. The average Bonchev–Trinajstić information content (AvgIpc) is 3.02. The number of aromatic nitrogens is 3. The standard InChI is InChI=1S/C13H7FN4O6/c14-11-7(2-1-3-17(11)21)13-16-15-12(24-13)6-4-8(18(22)23)10(20)9(19)5-6/h1-5,19-20H. The molecule has 0 bridgehead atoms. The molecular formula is C13H7FN4O6. The van der Waals surface area contributed by atoms with E-state index in [1.54, 1.807) is 0 Å². The lowest BCUT2D eigenvalue weighted by Crippen LogP contribution is -2.30. The first-order chi connectivity index (χ1) is 11.4. The fourth-order valence-corrected chi connectivity index (χ4v) is 1.95. The Bertz CT molecular complexity index is 958. The van der Waals surface area contributed by atoms with E-state index in [-0.39, 0.29) is 27.6 Å². The van der Waals surface area contributed by atoms with Crippen LogP contribution in [-0.2, 0) is 0 Å². The highest BCUT2D eigenvalue weighted by molar-refractivity contribution is 5.68. The van der Waals surface area contributed by atoms with Crippen molar-refractivity contribution in [3.8, 4) is 34.4 Å². The first-order valence-corrected chi connectivity index (χ1v) is 6.30. The number of rotatable bonds is 3. The van der Waals surface area contributed by atoms with E-state index in [0.717, 1.165) is 18.3 Å². The van der Waals surface area contributed by atoms with Crippen molar-refractivity contribution in [2.24, 2.45) is 0 Å². The van der Waals surface area contributed by atoms with E-state index in [1.165, 1.54) is 12.1 Å². The molecule has 0 aliphatic rings. The van der Waals surface area contributed by atoms with Crippen molar-refractivity contribution in [1.29, 1.82) is 0 Å². The molecule has 10 nitrogen and oxygen atoms in total. The third-order valence-electron chi connectivity index (χ3n) is 3.07. The van der Waals surface area contributed by atoms with Crippen molar-refractivity contribution in [1.82, 2.24) is 10.2 Å². The second-order valence-corrected chi connectivity index (χ2v) is 4.57. The Morgan fingerprint density at radius 2 is 1.96 bits per heavy atom. The molecule has 0 aliphatic heterocycles. The molecule has 24 heavy (non-hydrogen) atoms. The second-order valence-electron chi connectivity index (χ2n) is 4.57. The van der Waals surface area contributed by atoms with Gasteiger partial charge in [-0.05, 0) is 12.1 Å². The molecule has 0 fully saturated rings. The first kappa shape index (κ1) is 15.1. The largest absolute Gasteiger partial charge is 0.617 e. The Kier molecular flexibility index (Phi) is 3.45. The molecule has 0 aliphatic carbocycles. The number of benzene rings is 1. The number of nitro groups is 1. The van der Waals surface area contributed by atoms with Crippen LogP contribution in [0.2, 0.25) is 0 Å². The Hall–Kier alpha value is -3.76. The smallest absolute Gasteiger partial charge is 0.383 e. The topological polar surface area (TPSA) is 149 Å². The molecular weight excluding hydrogens is 327 g/mol. The fraction of sp³-hybridized carbons (Fsp3) is 0. The summed E-state index contributed by atoms with van der Waals surface area (Å²) in [6, 6.07) is 4.38. The lowest BCUT2D eigenvalue weighted by molar-refractivity contribution is -0.636. The minimum atomic E-state index is -1.16. The molecule has 11 heteroatoms. The van der Waals surface area contributed by atoms with Crippen LogP contribution in [0, 0.1) is 21.3 Å². The van der Waals surface area contributed by atoms with Crippen molar-refractivity contribution in [3.05, 3.63) is 51.7 Å². The zero-order valence-corrected chi connectivity index (χ0v) is 11.6. The molecule has 2 N–H and O–H groups in total. The van der Waals surface area contributed by atoms with Crippen molar-refractivity contribution >= 4 is 5.69 Å². The summed E-state index contributed by atoms with van der Waals surface area (Å²) in [4.78, 5) is 9.94. The van der Waals surface area contributed by atoms with Gasteiger partial charge in [0.15, 0.2) is 11.9 Å². The number of hydrogen-bond donors (Lipinski definition) is 2. The number of halogens is 1. The van der Waals surface area contributed by atoms with Gasteiger partial charge in [0.1, 0.15) is 5.56 Å². The summed E-state index contributed by atoms with van der Waals surface area (Å²) in [5, 5.41) is 48.2. The Balaban J connectivity index is 2.09. The predicted octanol–water partition coefficient (Wildman–Crippen LogP) is 1.50. The summed E-state index contributed by atoms with van der Waals surface area (Å²) in [6.45, 7) is 0. The van der Waals surface area contributed by atoms with Crippen LogP contribution in [0.1, 0.15) is 0 Å². The van der Waals surface area contributed by atoms with E-state index in [1.807, 2.05) is 0 Å². The van der Waals surface area contributed by atoms with Crippen LogP contribution in [-0.4, -0.2) is 25.3 Å². The minimum Gasteiger partial charge on any atom is -0.617 e. The van der Waals surface area contributed by atoms with Gasteiger partial charge >= 0.3 is 11.6 Å². The van der Waals surface area contributed by atoms with Gasteiger partial charge in [-0.3, -0.25) is 10.1 Å². The summed E-state index contributed by atoms with van der Waals surface area (Å²) in [5.41, 5.74) is -1.10. The molecule has 0 amide bonds. The zero-order valence-electron chi connectivity index (χ0n) is 11.6. The minimum absolute atomic E-state index is 0.0313. The molecule has 0 radical (unpaired) electrons. The normalized spacial score (nSPS) is 10.7. The van der Waals surface area contributed by atoms with Crippen molar-refractivity contribution < 1.29 is 28.7 Å². The van der Waals surface area contributed by atoms with E-state index >= 15 is 0 Å². The molecule has 2 heterocycles. The van der Waals surface area contributed by atoms with Crippen LogP contribution in [0.25, 0.3) is 22.9 Å². The Morgan fingerprint density at radius 3 is 2.67 bits per heavy atom.